The van der Waals surface area contributed by atoms with Crippen LogP contribution in [0.25, 0.3) is 0 Å². The summed E-state index contributed by atoms with van der Waals surface area (Å²) in [5.41, 5.74) is 2.30. The fourth-order valence-corrected chi connectivity index (χ4v) is 2.62. The van der Waals surface area contributed by atoms with Gasteiger partial charge in [-0.2, -0.15) is 0 Å². The van der Waals surface area contributed by atoms with E-state index in [4.69, 9.17) is 0 Å². The third kappa shape index (κ3) is 5.36. The Labute approximate surface area is 162 Å². The van der Waals surface area contributed by atoms with Crippen LogP contribution in [0.4, 0.5) is 5.69 Å². The van der Waals surface area contributed by atoms with E-state index in [0.29, 0.717) is 17.9 Å². The summed E-state index contributed by atoms with van der Waals surface area (Å²) in [5.74, 6) is 1.25. The van der Waals surface area contributed by atoms with Crippen LogP contribution in [0.15, 0.2) is 29.3 Å². The summed E-state index contributed by atoms with van der Waals surface area (Å²) < 4.78 is 0. The molecule has 0 aromatic heterocycles. The summed E-state index contributed by atoms with van der Waals surface area (Å²) in [6.07, 6.45) is 2.06. The molecule has 0 saturated carbocycles. The number of halogens is 1. The van der Waals surface area contributed by atoms with Crippen LogP contribution >= 0.6 is 24.0 Å². The first-order chi connectivity index (χ1) is 11.0. The smallest absolute Gasteiger partial charge is 0.246 e. The van der Waals surface area contributed by atoms with Crippen LogP contribution in [0.2, 0.25) is 0 Å². The number of guanidine groups is 1. The third-order valence-corrected chi connectivity index (χ3v) is 4.41. The largest absolute Gasteiger partial charge is 0.354 e. The van der Waals surface area contributed by atoms with Gasteiger partial charge in [-0.1, -0.05) is 32.0 Å². The van der Waals surface area contributed by atoms with Crippen molar-refractivity contribution in [1.29, 1.82) is 0 Å². The van der Waals surface area contributed by atoms with E-state index >= 15 is 0 Å². The van der Waals surface area contributed by atoms with E-state index in [9.17, 15) is 4.79 Å². The molecule has 1 heterocycles. The summed E-state index contributed by atoms with van der Waals surface area (Å²) in [6.45, 7) is 7.45. The second kappa shape index (κ2) is 9.86. The third-order valence-electron chi connectivity index (χ3n) is 4.41. The van der Waals surface area contributed by atoms with Gasteiger partial charge in [-0.15, -0.1) is 24.0 Å². The van der Waals surface area contributed by atoms with Crippen molar-refractivity contribution in [2.45, 2.75) is 39.7 Å². The molecule has 1 aromatic carbocycles. The Bertz CT molecular complexity index is 574. The lowest BCUT2D eigenvalue weighted by Gasteiger charge is -2.30. The quantitative estimate of drug-likeness (QED) is 0.427. The second-order valence-electron chi connectivity index (χ2n) is 6.38. The Kier molecular flexibility index (Phi) is 8.52. The number of nitrogens with one attached hydrogen (secondary N) is 2. The van der Waals surface area contributed by atoms with Gasteiger partial charge in [0.2, 0.25) is 5.91 Å². The number of carbonyl (C=O) groups excluding carboxylic acids is 1. The zero-order valence-electron chi connectivity index (χ0n) is 15.0. The van der Waals surface area contributed by atoms with Crippen LogP contribution in [0, 0.1) is 5.92 Å². The van der Waals surface area contributed by atoms with Gasteiger partial charge in [0.25, 0.3) is 0 Å². The first kappa shape index (κ1) is 20.7. The van der Waals surface area contributed by atoms with Gasteiger partial charge in [-0.05, 0) is 37.3 Å². The van der Waals surface area contributed by atoms with Gasteiger partial charge in [0.1, 0.15) is 0 Å². The number of benzene rings is 1. The summed E-state index contributed by atoms with van der Waals surface area (Å²) in [4.78, 5) is 18.7. The van der Waals surface area contributed by atoms with Crippen molar-refractivity contribution in [2.75, 3.05) is 25.0 Å². The molecule has 5 nitrogen and oxygen atoms in total. The highest BCUT2D eigenvalue weighted by Crippen LogP contribution is 2.26. The Balaban J connectivity index is 0.00000288. The molecular formula is C18H29IN4O. The highest BCUT2D eigenvalue weighted by molar-refractivity contribution is 14.0. The van der Waals surface area contributed by atoms with E-state index in [1.54, 1.807) is 7.05 Å². The molecule has 0 spiro atoms. The van der Waals surface area contributed by atoms with Crippen LogP contribution in [-0.2, 0) is 11.2 Å². The van der Waals surface area contributed by atoms with Crippen molar-refractivity contribution in [2.24, 2.45) is 10.9 Å². The van der Waals surface area contributed by atoms with Crippen molar-refractivity contribution < 1.29 is 4.79 Å². The molecule has 0 radical (unpaired) electrons. The minimum absolute atomic E-state index is 0. The first-order valence-electron chi connectivity index (χ1n) is 8.38. The van der Waals surface area contributed by atoms with Gasteiger partial charge in [0, 0.05) is 25.3 Å². The zero-order valence-corrected chi connectivity index (χ0v) is 17.3. The number of hydrogen-bond acceptors (Lipinski definition) is 2. The Morgan fingerprint density at radius 3 is 2.67 bits per heavy atom. The first-order valence-corrected chi connectivity index (χ1v) is 8.38. The van der Waals surface area contributed by atoms with Gasteiger partial charge in [0.05, 0.1) is 6.54 Å². The number of amides is 1. The lowest BCUT2D eigenvalue weighted by molar-refractivity contribution is -0.117. The standard InChI is InChI=1S/C18H28N4O.HI/c1-13(2)14(3)21-18(19-4)20-12-17(23)22-11-7-9-15-8-5-6-10-16(15)22;/h5-6,8,10,13-14H,7,9,11-12H2,1-4H3,(H2,19,20,21);1H. The van der Waals surface area contributed by atoms with Crippen LogP contribution in [0.5, 0.6) is 0 Å². The molecule has 2 N–H and O–H groups in total. The fourth-order valence-electron chi connectivity index (χ4n) is 2.62. The maximum atomic E-state index is 12.6. The molecule has 0 bridgehead atoms. The van der Waals surface area contributed by atoms with Crippen LogP contribution < -0.4 is 15.5 Å². The van der Waals surface area contributed by atoms with Crippen LogP contribution in [0.1, 0.15) is 32.8 Å². The molecule has 0 fully saturated rings. The fraction of sp³-hybridized carbons (Fsp3) is 0.556. The second-order valence-corrected chi connectivity index (χ2v) is 6.38. The van der Waals surface area contributed by atoms with E-state index in [1.807, 2.05) is 23.1 Å². The average Bonchev–Trinajstić information content (AvgIpc) is 2.57. The summed E-state index contributed by atoms with van der Waals surface area (Å²) in [6, 6.07) is 8.45. The molecule has 1 aromatic rings. The number of para-hydroxylation sites is 1. The number of fused-ring (bicyclic) bond motifs is 1. The van der Waals surface area contributed by atoms with E-state index in [1.165, 1.54) is 5.56 Å². The number of anilines is 1. The minimum Gasteiger partial charge on any atom is -0.354 e. The van der Waals surface area contributed by atoms with Crippen LogP contribution in [0.3, 0.4) is 0 Å². The van der Waals surface area contributed by atoms with Gasteiger partial charge in [-0.3, -0.25) is 9.79 Å². The Hall–Kier alpha value is -1.31. The van der Waals surface area contributed by atoms with E-state index in [0.717, 1.165) is 25.1 Å². The average molecular weight is 444 g/mol. The predicted octanol–water partition coefficient (Wildman–Crippen LogP) is 2.79. The lowest BCUT2D eigenvalue weighted by atomic mass is 10.0. The van der Waals surface area contributed by atoms with Crippen molar-refractivity contribution in [3.05, 3.63) is 29.8 Å². The molecule has 1 aliphatic heterocycles. The van der Waals surface area contributed by atoms with Gasteiger partial charge < -0.3 is 15.5 Å². The van der Waals surface area contributed by atoms with Crippen LogP contribution in [-0.4, -0.2) is 38.0 Å². The van der Waals surface area contributed by atoms with Crippen molar-refractivity contribution in [1.82, 2.24) is 10.6 Å². The van der Waals surface area contributed by atoms with Gasteiger partial charge in [-0.25, -0.2) is 0 Å². The molecule has 0 saturated heterocycles. The molecule has 0 aliphatic carbocycles. The van der Waals surface area contributed by atoms with E-state index in [2.05, 4.69) is 42.5 Å². The monoisotopic (exact) mass is 444 g/mol. The molecule has 1 unspecified atom stereocenters. The van der Waals surface area contributed by atoms with E-state index in [-0.39, 0.29) is 36.4 Å². The highest BCUT2D eigenvalue weighted by Gasteiger charge is 2.22. The maximum absolute atomic E-state index is 12.6. The summed E-state index contributed by atoms with van der Waals surface area (Å²) in [5, 5.41) is 6.44. The molecule has 24 heavy (non-hydrogen) atoms. The molecule has 1 aliphatic rings. The minimum atomic E-state index is 0. The molecule has 134 valence electrons. The summed E-state index contributed by atoms with van der Waals surface area (Å²) in [7, 11) is 1.73. The van der Waals surface area contributed by atoms with Crippen molar-refractivity contribution >= 4 is 41.5 Å². The molecular weight excluding hydrogens is 415 g/mol. The number of aliphatic imine (C=N–C) groups is 1. The Morgan fingerprint density at radius 1 is 1.29 bits per heavy atom. The topological polar surface area (TPSA) is 56.7 Å². The number of nitrogens with zero attached hydrogens (tertiary/aromatic N) is 2. The number of aryl methyl sites for hydroxylation is 1. The van der Waals surface area contributed by atoms with Gasteiger partial charge in [0.15, 0.2) is 5.96 Å². The highest BCUT2D eigenvalue weighted by atomic mass is 127. The maximum Gasteiger partial charge on any atom is 0.246 e. The Morgan fingerprint density at radius 2 is 2.00 bits per heavy atom. The van der Waals surface area contributed by atoms with Crippen molar-refractivity contribution in [3.8, 4) is 0 Å². The molecule has 6 heteroatoms. The molecule has 1 atom stereocenters. The lowest BCUT2D eigenvalue weighted by Crippen LogP contribution is -2.48. The van der Waals surface area contributed by atoms with Gasteiger partial charge >= 0.3 is 0 Å². The summed E-state index contributed by atoms with van der Waals surface area (Å²) >= 11 is 0. The van der Waals surface area contributed by atoms with E-state index < -0.39 is 0 Å². The molecule has 2 rings (SSSR count). The van der Waals surface area contributed by atoms with Crippen molar-refractivity contribution in [3.63, 3.8) is 0 Å². The number of hydrogen-bond donors (Lipinski definition) is 2. The predicted molar refractivity (Wildman–Crippen MR) is 111 cm³/mol. The number of rotatable bonds is 4. The SMILES string of the molecule is CN=C(NCC(=O)N1CCCc2ccccc21)NC(C)C(C)C.I. The number of carbonyl (C=O) groups is 1. The molecule has 1 amide bonds. The zero-order chi connectivity index (χ0) is 16.8. The normalized spacial score (nSPS) is 15.4.